The summed E-state index contributed by atoms with van der Waals surface area (Å²) in [6.07, 6.45) is 1.82. The van der Waals surface area contributed by atoms with Crippen LogP contribution >= 0.6 is 11.3 Å². The number of hydrogen-bond donors (Lipinski definition) is 0. The number of aryl methyl sites for hydroxylation is 1. The molecular weight excluding hydrogens is 949 g/mol. The number of benzene rings is 12. The van der Waals surface area contributed by atoms with Crippen LogP contribution in [0.3, 0.4) is 0 Å². The van der Waals surface area contributed by atoms with Crippen molar-refractivity contribution in [1.29, 1.82) is 0 Å². The Morgan fingerprint density at radius 3 is 1.73 bits per heavy atom. The third-order valence-electron chi connectivity index (χ3n) is 16.5. The van der Waals surface area contributed by atoms with Crippen LogP contribution in [0.15, 0.2) is 285 Å². The lowest BCUT2D eigenvalue weighted by Crippen LogP contribution is -2.36. The van der Waals surface area contributed by atoms with Gasteiger partial charge in [-0.3, -0.25) is 0 Å². The van der Waals surface area contributed by atoms with E-state index in [9.17, 15) is 0 Å². The normalized spacial score (nSPS) is 13.3. The maximum Gasteiger partial charge on any atom is 0.0754 e. The Labute approximate surface area is 454 Å². The molecule has 1 aliphatic carbocycles. The van der Waals surface area contributed by atoms with Crippen LogP contribution in [-0.2, 0) is 11.8 Å². The molecule has 2 heterocycles. The Balaban J connectivity index is 0.887. The molecule has 2 aliphatic rings. The minimum atomic E-state index is -0.545. The largest absolute Gasteiger partial charge is 0.309 e. The first kappa shape index (κ1) is 45.1. The van der Waals surface area contributed by atoms with E-state index < -0.39 is 5.41 Å². The van der Waals surface area contributed by atoms with Crippen LogP contribution in [0.4, 0.5) is 34.1 Å². The maximum atomic E-state index is 2.58. The highest BCUT2D eigenvalue weighted by Crippen LogP contribution is 2.64. The van der Waals surface area contributed by atoms with Crippen molar-refractivity contribution in [3.63, 3.8) is 0 Å². The SMILES string of the molecule is c1ccc(-c2ccc(C(CCc3ccc4c(c3)C3(c5ccccc5-c5ccccc53)c3ccc5ccccc5c3N4c3ccccc3)c3ccc4sc5c(N(c6ccccc6)c6ccccc6)cccc5c4c3)cc2)cc1. The summed E-state index contributed by atoms with van der Waals surface area (Å²) < 4.78 is 2.58. The van der Waals surface area contributed by atoms with Crippen LogP contribution in [0, 0.1) is 0 Å². The highest BCUT2D eigenvalue weighted by molar-refractivity contribution is 7.26. The number of thiophene rings is 1. The molecule has 1 atom stereocenters. The summed E-state index contributed by atoms with van der Waals surface area (Å²) in [6.45, 7) is 0. The molecule has 1 aliphatic heterocycles. The first-order valence-corrected chi connectivity index (χ1v) is 27.7. The lowest BCUT2D eigenvalue weighted by molar-refractivity contribution is 0.710. The van der Waals surface area contributed by atoms with Gasteiger partial charge >= 0.3 is 0 Å². The van der Waals surface area contributed by atoms with Crippen molar-refractivity contribution in [2.45, 2.75) is 24.2 Å². The number of nitrogens with zero attached hydrogens (tertiary/aromatic N) is 2. The summed E-state index contributed by atoms with van der Waals surface area (Å²) in [6, 6.07) is 106. The zero-order valence-corrected chi connectivity index (χ0v) is 43.2. The molecular formula is C74H52N2S. The van der Waals surface area contributed by atoms with Crippen molar-refractivity contribution < 1.29 is 0 Å². The molecule has 13 aromatic rings. The topological polar surface area (TPSA) is 6.48 Å². The molecule has 77 heavy (non-hydrogen) atoms. The van der Waals surface area contributed by atoms with Crippen LogP contribution < -0.4 is 9.80 Å². The lowest BCUT2D eigenvalue weighted by atomic mass is 9.64. The fraction of sp³-hybridized carbons (Fsp3) is 0.0541. The van der Waals surface area contributed by atoms with Gasteiger partial charge in [-0.25, -0.2) is 0 Å². The van der Waals surface area contributed by atoms with Crippen molar-refractivity contribution in [1.82, 2.24) is 0 Å². The lowest BCUT2D eigenvalue weighted by Gasteiger charge is -2.45. The van der Waals surface area contributed by atoms with Crippen molar-refractivity contribution >= 4 is 76.4 Å². The van der Waals surface area contributed by atoms with Gasteiger partial charge < -0.3 is 9.80 Å². The molecule has 0 fully saturated rings. The van der Waals surface area contributed by atoms with Gasteiger partial charge in [0.15, 0.2) is 0 Å². The van der Waals surface area contributed by atoms with Gasteiger partial charge in [0.1, 0.15) is 0 Å². The van der Waals surface area contributed by atoms with Gasteiger partial charge in [0, 0.05) is 43.8 Å². The molecule has 0 radical (unpaired) electrons. The van der Waals surface area contributed by atoms with Crippen LogP contribution in [0.5, 0.6) is 0 Å². The van der Waals surface area contributed by atoms with E-state index in [1.807, 2.05) is 11.3 Å². The summed E-state index contributed by atoms with van der Waals surface area (Å²) >= 11 is 1.89. The summed E-state index contributed by atoms with van der Waals surface area (Å²) in [7, 11) is 0. The third kappa shape index (κ3) is 7.30. The first-order chi connectivity index (χ1) is 38.2. The Morgan fingerprint density at radius 2 is 1.01 bits per heavy atom. The molecule has 0 bridgehead atoms. The molecule has 364 valence electrons. The molecule has 0 N–H and O–H groups in total. The van der Waals surface area contributed by atoms with E-state index in [-0.39, 0.29) is 5.92 Å². The molecule has 12 aromatic carbocycles. The maximum absolute atomic E-state index is 2.58. The average Bonchev–Trinajstić information content (AvgIpc) is 4.23. The number of para-hydroxylation sites is 3. The molecule has 1 spiro atoms. The second-order valence-electron chi connectivity index (χ2n) is 20.6. The monoisotopic (exact) mass is 1000 g/mol. The summed E-state index contributed by atoms with van der Waals surface area (Å²) in [5.74, 6) is 0.137. The molecule has 3 heteroatoms. The summed E-state index contributed by atoms with van der Waals surface area (Å²) in [4.78, 5) is 4.95. The zero-order valence-electron chi connectivity index (χ0n) is 42.4. The number of anilines is 6. The minimum absolute atomic E-state index is 0.137. The predicted octanol–water partition coefficient (Wildman–Crippen LogP) is 20.3. The highest BCUT2D eigenvalue weighted by Gasteiger charge is 2.52. The van der Waals surface area contributed by atoms with Crippen molar-refractivity contribution in [3.8, 4) is 22.3 Å². The molecule has 0 saturated heterocycles. The van der Waals surface area contributed by atoms with E-state index in [4.69, 9.17) is 0 Å². The fourth-order valence-electron chi connectivity index (χ4n) is 13.1. The van der Waals surface area contributed by atoms with Crippen molar-refractivity contribution in [3.05, 3.63) is 324 Å². The van der Waals surface area contributed by atoms with Gasteiger partial charge in [-0.15, -0.1) is 11.3 Å². The fourth-order valence-corrected chi connectivity index (χ4v) is 14.3. The van der Waals surface area contributed by atoms with Gasteiger partial charge in [-0.05, 0) is 140 Å². The second kappa shape index (κ2) is 18.5. The van der Waals surface area contributed by atoms with Crippen LogP contribution in [0.1, 0.15) is 51.3 Å². The Hall–Kier alpha value is -9.28. The average molecular weight is 1000 g/mol. The van der Waals surface area contributed by atoms with Crippen LogP contribution in [0.25, 0.3) is 53.2 Å². The van der Waals surface area contributed by atoms with Gasteiger partial charge in [0.05, 0.1) is 27.2 Å². The molecule has 0 amide bonds. The molecule has 0 saturated carbocycles. The summed E-state index contributed by atoms with van der Waals surface area (Å²) in [5.41, 5.74) is 20.9. The van der Waals surface area contributed by atoms with Gasteiger partial charge in [-0.1, -0.05) is 224 Å². The van der Waals surface area contributed by atoms with Crippen molar-refractivity contribution in [2.75, 3.05) is 9.80 Å². The second-order valence-corrected chi connectivity index (χ2v) is 21.7. The standard InChI is InChI=1S/C74H52N2S/c1-5-20-51(21-6-1)52-38-40-54(41-39-52)59(55-43-47-71-64(49-55)63-32-19-35-70(73(63)77-71)75(56-23-7-2-8-24-56)57-25-9-3-10-26-57)44-36-50-37-46-69-68(48-50)74(65-33-17-15-30-61(65)62-31-16-18-34-66(62)74)67-45-42-53-22-13-14-29-60(53)72(67)76(69)58-27-11-4-12-28-58/h1-35,37-43,45-49,59H,36,44H2. The third-order valence-corrected chi connectivity index (χ3v) is 17.7. The van der Waals surface area contributed by atoms with E-state index in [1.54, 1.807) is 0 Å². The van der Waals surface area contributed by atoms with E-state index in [0.29, 0.717) is 0 Å². The summed E-state index contributed by atoms with van der Waals surface area (Å²) in [5, 5.41) is 5.08. The Morgan fingerprint density at radius 1 is 0.416 bits per heavy atom. The van der Waals surface area contributed by atoms with Gasteiger partial charge in [0.25, 0.3) is 0 Å². The molecule has 2 nitrogen and oxygen atoms in total. The molecule has 1 unspecified atom stereocenters. The Bertz CT molecular complexity index is 4250. The van der Waals surface area contributed by atoms with E-state index in [2.05, 4.69) is 295 Å². The predicted molar refractivity (Wildman–Crippen MR) is 326 cm³/mol. The van der Waals surface area contributed by atoms with Crippen LogP contribution in [0.2, 0.25) is 0 Å². The number of hydrogen-bond acceptors (Lipinski definition) is 3. The van der Waals surface area contributed by atoms with Crippen molar-refractivity contribution in [2.24, 2.45) is 0 Å². The smallest absolute Gasteiger partial charge is 0.0754 e. The van der Waals surface area contributed by atoms with E-state index >= 15 is 0 Å². The van der Waals surface area contributed by atoms with Gasteiger partial charge in [0.2, 0.25) is 0 Å². The number of fused-ring (bicyclic) bond motifs is 14. The Kier molecular flexibility index (Phi) is 10.9. The molecule has 15 rings (SSSR count). The van der Waals surface area contributed by atoms with E-state index in [0.717, 1.165) is 29.9 Å². The minimum Gasteiger partial charge on any atom is -0.309 e. The first-order valence-electron chi connectivity index (χ1n) is 26.9. The zero-order chi connectivity index (χ0) is 50.9. The van der Waals surface area contributed by atoms with Crippen LogP contribution in [-0.4, -0.2) is 0 Å². The van der Waals surface area contributed by atoms with E-state index in [1.165, 1.54) is 109 Å². The molecule has 1 aromatic heterocycles. The quantitative estimate of drug-likeness (QED) is 0.135. The number of rotatable bonds is 10. The van der Waals surface area contributed by atoms with Gasteiger partial charge in [-0.2, -0.15) is 0 Å². The highest BCUT2D eigenvalue weighted by atomic mass is 32.1.